The number of aromatic amines is 2. The number of hydrogen-bond donors (Lipinski definition) is 2. The Morgan fingerprint density at radius 3 is 2.42 bits per heavy atom. The number of aromatic nitrogens is 9. The first-order chi connectivity index (χ1) is 14.7. The first-order valence-corrected chi connectivity index (χ1v) is 9.54. The first kappa shape index (κ1) is 20.7. The number of nitrogens with one attached hydrogen (secondary N) is 2. The van der Waals surface area contributed by atoms with E-state index in [1.54, 1.807) is 13.8 Å². The molecule has 15 heteroatoms. The topological polar surface area (TPSA) is 170 Å². The second-order valence-corrected chi connectivity index (χ2v) is 7.43. The van der Waals surface area contributed by atoms with Crippen molar-refractivity contribution in [3.8, 4) is 17.2 Å². The molecule has 0 saturated carbocycles. The minimum atomic E-state index is -0.821. The van der Waals surface area contributed by atoms with E-state index in [0.29, 0.717) is 5.56 Å². The van der Waals surface area contributed by atoms with Crippen molar-refractivity contribution in [1.29, 1.82) is 0 Å². The van der Waals surface area contributed by atoms with Gasteiger partial charge in [-0.3, -0.25) is 9.78 Å². The van der Waals surface area contributed by atoms with Crippen molar-refractivity contribution in [2.45, 2.75) is 26.3 Å². The number of H-pyrrole nitrogens is 2. The van der Waals surface area contributed by atoms with Crippen LogP contribution < -0.4 is 17.0 Å². The van der Waals surface area contributed by atoms with Crippen molar-refractivity contribution in [3.05, 3.63) is 65.0 Å². The predicted molar refractivity (Wildman–Crippen MR) is 108 cm³/mol. The molecule has 0 unspecified atom stereocenters. The van der Waals surface area contributed by atoms with Gasteiger partial charge in [-0.25, -0.2) is 9.59 Å². The van der Waals surface area contributed by atoms with Crippen LogP contribution in [0.5, 0.6) is 0 Å². The molecule has 0 saturated heterocycles. The van der Waals surface area contributed by atoms with E-state index in [2.05, 4.69) is 35.8 Å². The fourth-order valence-corrected chi connectivity index (χ4v) is 3.35. The predicted octanol–water partition coefficient (Wildman–Crippen LogP) is 0.729. The van der Waals surface area contributed by atoms with E-state index < -0.39 is 17.0 Å². The summed E-state index contributed by atoms with van der Waals surface area (Å²) >= 11 is 12.7. The Morgan fingerprint density at radius 2 is 1.84 bits per heavy atom. The van der Waals surface area contributed by atoms with Gasteiger partial charge in [0.2, 0.25) is 11.7 Å². The lowest BCUT2D eigenvalue weighted by Gasteiger charge is -2.10. The van der Waals surface area contributed by atoms with Gasteiger partial charge in [0.05, 0.1) is 18.2 Å². The van der Waals surface area contributed by atoms with Crippen LogP contribution in [0.3, 0.4) is 0 Å². The van der Waals surface area contributed by atoms with Crippen LogP contribution in [-0.4, -0.2) is 45.2 Å². The molecule has 3 heterocycles. The third-order valence-corrected chi connectivity index (χ3v) is 4.86. The molecule has 4 rings (SSSR count). The molecule has 160 valence electrons. The molecule has 0 amide bonds. The Kier molecular flexibility index (Phi) is 5.29. The minimum absolute atomic E-state index is 0.0506. The van der Waals surface area contributed by atoms with Crippen molar-refractivity contribution in [1.82, 2.24) is 45.2 Å². The summed E-state index contributed by atoms with van der Waals surface area (Å²) in [6.07, 6.45) is 0.0506. The first-order valence-electron chi connectivity index (χ1n) is 8.79. The van der Waals surface area contributed by atoms with Crippen LogP contribution in [0.25, 0.3) is 17.2 Å². The van der Waals surface area contributed by atoms with Gasteiger partial charge in [0, 0.05) is 10.0 Å². The van der Waals surface area contributed by atoms with Gasteiger partial charge in [-0.2, -0.15) is 19.7 Å². The van der Waals surface area contributed by atoms with Crippen molar-refractivity contribution in [3.63, 3.8) is 0 Å². The summed E-state index contributed by atoms with van der Waals surface area (Å²) in [5.41, 5.74) is -1.23. The van der Waals surface area contributed by atoms with Crippen molar-refractivity contribution >= 4 is 23.2 Å². The van der Waals surface area contributed by atoms with Crippen molar-refractivity contribution in [2.24, 2.45) is 0 Å². The van der Waals surface area contributed by atoms with E-state index in [4.69, 9.17) is 27.6 Å². The van der Waals surface area contributed by atoms with Crippen LogP contribution in [0.1, 0.15) is 31.3 Å². The zero-order valence-electron chi connectivity index (χ0n) is 16.0. The van der Waals surface area contributed by atoms with Gasteiger partial charge in [-0.05, 0) is 36.8 Å². The molecule has 3 aromatic heterocycles. The molecule has 4 aromatic rings. The molecule has 31 heavy (non-hydrogen) atoms. The zero-order valence-corrected chi connectivity index (χ0v) is 17.5. The number of hydrogen-bond acceptors (Lipinski definition) is 9. The second-order valence-electron chi connectivity index (χ2n) is 6.62. The molecular weight excluding hydrogens is 453 g/mol. The lowest BCUT2D eigenvalue weighted by Crippen LogP contribution is -2.32. The molecule has 0 atom stereocenters. The van der Waals surface area contributed by atoms with Gasteiger partial charge >= 0.3 is 11.4 Å². The molecule has 0 aliphatic rings. The van der Waals surface area contributed by atoms with Crippen LogP contribution in [-0.2, 0) is 6.42 Å². The maximum Gasteiger partial charge on any atom is 0.437 e. The van der Waals surface area contributed by atoms with E-state index in [1.807, 2.05) is 0 Å². The van der Waals surface area contributed by atoms with Gasteiger partial charge < -0.3 is 4.42 Å². The number of halogens is 2. The van der Waals surface area contributed by atoms with E-state index in [-0.39, 0.29) is 45.6 Å². The maximum absolute atomic E-state index is 12.3. The molecule has 0 aliphatic carbocycles. The highest BCUT2D eigenvalue weighted by molar-refractivity contribution is 6.36. The lowest BCUT2D eigenvalue weighted by molar-refractivity contribution is 0.434. The second kappa shape index (κ2) is 7.92. The summed E-state index contributed by atoms with van der Waals surface area (Å²) in [7, 11) is 0. The van der Waals surface area contributed by atoms with Crippen molar-refractivity contribution < 1.29 is 4.42 Å². The summed E-state index contributed by atoms with van der Waals surface area (Å²) in [6.45, 7) is 3.58. The Hall–Kier alpha value is -3.58. The molecule has 0 radical (unpaired) electrons. The standard InChI is InChI=1S/C16H13Cl2N9O4/c1-6(2)26-16(30)31-11(22-26)5-8-9(17)3-7(4-10(8)18)27-15(29)19-14(28)12(23-27)13-20-24-25-21-13/h3-4,6H,5H2,1-2H3,(H,19,28,29)(H,20,21,24,25). The smallest absolute Gasteiger partial charge is 0.392 e. The van der Waals surface area contributed by atoms with Crippen LogP contribution >= 0.6 is 23.2 Å². The highest BCUT2D eigenvalue weighted by atomic mass is 35.5. The highest BCUT2D eigenvalue weighted by Crippen LogP contribution is 2.29. The Morgan fingerprint density at radius 1 is 1.13 bits per heavy atom. The minimum Gasteiger partial charge on any atom is -0.392 e. The van der Waals surface area contributed by atoms with E-state index in [1.165, 1.54) is 16.8 Å². The molecule has 0 fully saturated rings. The van der Waals surface area contributed by atoms with Crippen LogP contribution in [0.4, 0.5) is 0 Å². The summed E-state index contributed by atoms with van der Waals surface area (Å²) in [5, 5.41) is 21.4. The third-order valence-electron chi connectivity index (χ3n) is 4.18. The molecule has 0 bridgehead atoms. The van der Waals surface area contributed by atoms with Crippen molar-refractivity contribution in [2.75, 3.05) is 0 Å². The van der Waals surface area contributed by atoms with Crippen LogP contribution in [0.15, 0.2) is 30.9 Å². The molecule has 0 spiro atoms. The summed E-state index contributed by atoms with van der Waals surface area (Å²) in [5.74, 6) is -0.555. The fraction of sp³-hybridized carbons (Fsp3) is 0.250. The van der Waals surface area contributed by atoms with E-state index >= 15 is 0 Å². The third kappa shape index (κ3) is 3.92. The van der Waals surface area contributed by atoms with Gasteiger partial charge in [0.15, 0.2) is 5.69 Å². The SMILES string of the molecule is CC(C)n1nc(Cc2c(Cl)cc(-n3nc(-c4nn[nH]n4)c(=O)[nH]c3=O)cc2Cl)oc1=O. The highest BCUT2D eigenvalue weighted by Gasteiger charge is 2.18. The molecule has 0 aliphatic heterocycles. The largest absolute Gasteiger partial charge is 0.437 e. The van der Waals surface area contributed by atoms with Gasteiger partial charge in [0.25, 0.3) is 5.56 Å². The molecule has 2 N–H and O–H groups in total. The number of benzene rings is 1. The van der Waals surface area contributed by atoms with Gasteiger partial charge in [-0.15, -0.1) is 15.3 Å². The molecule has 13 nitrogen and oxygen atoms in total. The zero-order chi connectivity index (χ0) is 22.3. The van der Waals surface area contributed by atoms with Gasteiger partial charge in [-0.1, -0.05) is 23.2 Å². The van der Waals surface area contributed by atoms with E-state index in [9.17, 15) is 14.4 Å². The summed E-state index contributed by atoms with van der Waals surface area (Å²) in [6, 6.07) is 2.67. The summed E-state index contributed by atoms with van der Waals surface area (Å²) < 4.78 is 7.24. The Labute approximate surface area is 181 Å². The Bertz CT molecular complexity index is 1410. The fourth-order valence-electron chi connectivity index (χ4n) is 2.74. The monoisotopic (exact) mass is 465 g/mol. The maximum atomic E-state index is 12.3. The van der Waals surface area contributed by atoms with Crippen LogP contribution in [0.2, 0.25) is 10.0 Å². The molecular formula is C16H13Cl2N9O4. The van der Waals surface area contributed by atoms with Gasteiger partial charge in [0.1, 0.15) is 0 Å². The number of tetrazole rings is 1. The normalized spacial score (nSPS) is 11.4. The quantitative estimate of drug-likeness (QED) is 0.430. The number of rotatable bonds is 5. The Balaban J connectivity index is 1.75. The lowest BCUT2D eigenvalue weighted by atomic mass is 10.1. The molecule has 1 aromatic carbocycles. The van der Waals surface area contributed by atoms with Crippen LogP contribution in [0, 0.1) is 0 Å². The number of nitrogens with zero attached hydrogens (tertiary/aromatic N) is 7. The average molecular weight is 466 g/mol. The summed E-state index contributed by atoms with van der Waals surface area (Å²) in [4.78, 5) is 38.3. The average Bonchev–Trinajstić information content (AvgIpc) is 3.34. The van der Waals surface area contributed by atoms with E-state index in [0.717, 1.165) is 4.68 Å².